The molecule has 1 atom stereocenters. The molecule has 15 heavy (non-hydrogen) atoms. The molecule has 0 bridgehead atoms. The minimum atomic E-state index is 0.329. The van der Waals surface area contributed by atoms with E-state index in [1.54, 1.807) is 22.7 Å². The molecule has 0 radical (unpaired) electrons. The molecule has 4 heteroatoms. The van der Waals surface area contributed by atoms with Gasteiger partial charge in [-0.2, -0.15) is 11.3 Å². The number of aryl methyl sites for hydroxylation is 1. The van der Waals surface area contributed by atoms with Gasteiger partial charge in [-0.15, -0.1) is 11.3 Å². The Bertz CT molecular complexity index is 406. The highest BCUT2D eigenvalue weighted by molar-refractivity contribution is 7.09. The van der Waals surface area contributed by atoms with Crippen LogP contribution < -0.4 is 5.32 Å². The Morgan fingerprint density at radius 3 is 2.93 bits per heavy atom. The van der Waals surface area contributed by atoms with Gasteiger partial charge in [0.05, 0.1) is 10.7 Å². The molecule has 1 unspecified atom stereocenters. The zero-order valence-corrected chi connectivity index (χ0v) is 10.5. The average Bonchev–Trinajstić information content (AvgIpc) is 2.84. The number of aromatic nitrogens is 1. The second-order valence-electron chi connectivity index (χ2n) is 3.53. The number of thiazole rings is 1. The van der Waals surface area contributed by atoms with Gasteiger partial charge in [0.1, 0.15) is 0 Å². The van der Waals surface area contributed by atoms with Crippen molar-refractivity contribution in [3.05, 3.63) is 38.5 Å². The summed E-state index contributed by atoms with van der Waals surface area (Å²) in [4.78, 5) is 4.47. The highest BCUT2D eigenvalue weighted by Gasteiger charge is 2.07. The highest BCUT2D eigenvalue weighted by Crippen LogP contribution is 2.16. The van der Waals surface area contributed by atoms with Crippen LogP contribution >= 0.6 is 22.7 Å². The Hall–Kier alpha value is -0.710. The van der Waals surface area contributed by atoms with Gasteiger partial charge in [0.25, 0.3) is 0 Å². The van der Waals surface area contributed by atoms with E-state index in [2.05, 4.69) is 39.4 Å². The maximum Gasteiger partial charge on any atom is 0.0898 e. The van der Waals surface area contributed by atoms with Crippen LogP contribution in [0, 0.1) is 6.92 Å². The lowest BCUT2D eigenvalue weighted by atomic mass is 10.2. The Morgan fingerprint density at radius 1 is 1.47 bits per heavy atom. The van der Waals surface area contributed by atoms with Crippen molar-refractivity contribution in [3.8, 4) is 0 Å². The average molecular weight is 238 g/mol. The van der Waals surface area contributed by atoms with Gasteiger partial charge in [-0.05, 0) is 36.2 Å². The number of hydrogen-bond acceptors (Lipinski definition) is 4. The standard InChI is InChI=1S/C11H14N2S2/c1-8(11-7-15-9(2)13-11)12-5-10-3-4-14-6-10/h3-4,6-8,12H,5H2,1-2H3. The summed E-state index contributed by atoms with van der Waals surface area (Å²) in [5, 5.41) is 11.0. The van der Waals surface area contributed by atoms with Crippen LogP contribution in [0.1, 0.15) is 29.2 Å². The normalized spacial score (nSPS) is 12.9. The molecule has 2 aromatic rings. The topological polar surface area (TPSA) is 24.9 Å². The van der Waals surface area contributed by atoms with Crippen molar-refractivity contribution in [2.45, 2.75) is 26.4 Å². The molecule has 2 nitrogen and oxygen atoms in total. The minimum Gasteiger partial charge on any atom is -0.305 e. The van der Waals surface area contributed by atoms with Crippen molar-refractivity contribution in [2.24, 2.45) is 0 Å². The number of nitrogens with zero attached hydrogens (tertiary/aromatic N) is 1. The number of nitrogens with one attached hydrogen (secondary N) is 1. The van der Waals surface area contributed by atoms with E-state index in [4.69, 9.17) is 0 Å². The molecular weight excluding hydrogens is 224 g/mol. The quantitative estimate of drug-likeness (QED) is 0.883. The SMILES string of the molecule is Cc1nc(C(C)NCc2ccsc2)cs1. The monoisotopic (exact) mass is 238 g/mol. The van der Waals surface area contributed by atoms with Crippen LogP contribution in [0.25, 0.3) is 0 Å². The largest absolute Gasteiger partial charge is 0.305 e. The first-order chi connectivity index (χ1) is 7.25. The van der Waals surface area contributed by atoms with Crippen molar-refractivity contribution in [1.29, 1.82) is 0 Å². The molecule has 1 N–H and O–H groups in total. The molecule has 0 aliphatic heterocycles. The van der Waals surface area contributed by atoms with E-state index in [-0.39, 0.29) is 0 Å². The molecule has 0 aromatic carbocycles. The number of rotatable bonds is 4. The van der Waals surface area contributed by atoms with Crippen molar-refractivity contribution in [3.63, 3.8) is 0 Å². The Kier molecular flexibility index (Phi) is 3.51. The van der Waals surface area contributed by atoms with Crippen LogP contribution in [0.4, 0.5) is 0 Å². The summed E-state index contributed by atoms with van der Waals surface area (Å²) in [5.41, 5.74) is 2.49. The van der Waals surface area contributed by atoms with E-state index < -0.39 is 0 Å². The van der Waals surface area contributed by atoms with E-state index in [0.717, 1.165) is 17.2 Å². The molecule has 80 valence electrons. The molecule has 0 saturated heterocycles. The lowest BCUT2D eigenvalue weighted by Gasteiger charge is -2.10. The van der Waals surface area contributed by atoms with E-state index in [9.17, 15) is 0 Å². The summed E-state index contributed by atoms with van der Waals surface area (Å²) in [6.45, 7) is 5.11. The van der Waals surface area contributed by atoms with Gasteiger partial charge < -0.3 is 5.32 Å². The van der Waals surface area contributed by atoms with E-state index in [1.165, 1.54) is 5.56 Å². The summed E-state index contributed by atoms with van der Waals surface area (Å²) in [6, 6.07) is 2.48. The molecule has 2 aromatic heterocycles. The van der Waals surface area contributed by atoms with Crippen molar-refractivity contribution in [1.82, 2.24) is 10.3 Å². The molecular formula is C11H14N2S2. The maximum atomic E-state index is 4.47. The lowest BCUT2D eigenvalue weighted by molar-refractivity contribution is 0.564. The lowest BCUT2D eigenvalue weighted by Crippen LogP contribution is -2.17. The second kappa shape index (κ2) is 4.88. The molecule has 0 spiro atoms. The summed E-state index contributed by atoms with van der Waals surface area (Å²) in [5.74, 6) is 0. The van der Waals surface area contributed by atoms with Crippen molar-refractivity contribution < 1.29 is 0 Å². The van der Waals surface area contributed by atoms with Crippen LogP contribution in [0.2, 0.25) is 0 Å². The molecule has 2 heterocycles. The first kappa shape index (κ1) is 10.8. The zero-order valence-electron chi connectivity index (χ0n) is 8.86. The molecule has 0 aliphatic rings. The summed E-state index contributed by atoms with van der Waals surface area (Å²) < 4.78 is 0. The fourth-order valence-corrected chi connectivity index (χ4v) is 2.72. The molecule has 0 saturated carbocycles. The Labute approximate surface area is 98.0 Å². The summed E-state index contributed by atoms with van der Waals surface area (Å²) in [7, 11) is 0. The van der Waals surface area contributed by atoms with Crippen LogP contribution in [-0.4, -0.2) is 4.98 Å². The predicted molar refractivity (Wildman–Crippen MR) is 66.4 cm³/mol. The van der Waals surface area contributed by atoms with Gasteiger partial charge in [-0.25, -0.2) is 4.98 Å². The van der Waals surface area contributed by atoms with Gasteiger partial charge in [0, 0.05) is 18.0 Å². The van der Waals surface area contributed by atoms with Crippen molar-refractivity contribution in [2.75, 3.05) is 0 Å². The van der Waals surface area contributed by atoms with E-state index >= 15 is 0 Å². The third-order valence-electron chi connectivity index (χ3n) is 2.27. The van der Waals surface area contributed by atoms with Gasteiger partial charge >= 0.3 is 0 Å². The molecule has 0 amide bonds. The van der Waals surface area contributed by atoms with Gasteiger partial charge in [-0.3, -0.25) is 0 Å². The highest BCUT2D eigenvalue weighted by atomic mass is 32.1. The number of hydrogen-bond donors (Lipinski definition) is 1. The molecule has 0 aliphatic carbocycles. The zero-order chi connectivity index (χ0) is 10.7. The Balaban J connectivity index is 1.90. The first-order valence-corrected chi connectivity index (χ1v) is 6.74. The van der Waals surface area contributed by atoms with Crippen LogP contribution in [0.15, 0.2) is 22.2 Å². The number of thiophene rings is 1. The van der Waals surface area contributed by atoms with Crippen LogP contribution in [0.5, 0.6) is 0 Å². The van der Waals surface area contributed by atoms with Crippen molar-refractivity contribution >= 4 is 22.7 Å². The van der Waals surface area contributed by atoms with Crippen LogP contribution in [0.3, 0.4) is 0 Å². The third-order valence-corrected chi connectivity index (χ3v) is 3.80. The van der Waals surface area contributed by atoms with Gasteiger partial charge in [-0.1, -0.05) is 0 Å². The Morgan fingerprint density at radius 2 is 2.33 bits per heavy atom. The fraction of sp³-hybridized carbons (Fsp3) is 0.364. The fourth-order valence-electron chi connectivity index (χ4n) is 1.35. The van der Waals surface area contributed by atoms with Gasteiger partial charge in [0.2, 0.25) is 0 Å². The van der Waals surface area contributed by atoms with Crippen LogP contribution in [-0.2, 0) is 6.54 Å². The third kappa shape index (κ3) is 2.87. The molecule has 0 fully saturated rings. The summed E-state index contributed by atoms with van der Waals surface area (Å²) >= 11 is 3.44. The first-order valence-electron chi connectivity index (χ1n) is 4.92. The molecule has 2 rings (SSSR count). The van der Waals surface area contributed by atoms with Gasteiger partial charge in [0.15, 0.2) is 0 Å². The summed E-state index contributed by atoms with van der Waals surface area (Å²) in [6.07, 6.45) is 0. The van der Waals surface area contributed by atoms with E-state index in [1.807, 2.05) is 6.92 Å². The second-order valence-corrected chi connectivity index (χ2v) is 5.37. The predicted octanol–water partition coefficient (Wildman–Crippen LogP) is 3.36. The van der Waals surface area contributed by atoms with E-state index in [0.29, 0.717) is 6.04 Å². The maximum absolute atomic E-state index is 4.47. The smallest absolute Gasteiger partial charge is 0.0898 e. The minimum absolute atomic E-state index is 0.329.